The minimum atomic E-state index is -0.454. The molecule has 9 heteroatoms. The first-order chi connectivity index (χ1) is 15.5. The Morgan fingerprint density at radius 1 is 1.22 bits per heavy atom. The maximum atomic E-state index is 13.2. The van der Waals surface area contributed by atoms with Gasteiger partial charge in [0, 0.05) is 35.5 Å². The lowest BCUT2D eigenvalue weighted by Crippen LogP contribution is -2.28. The Balaban J connectivity index is 1.64. The lowest BCUT2D eigenvalue weighted by molar-refractivity contribution is -0.384. The number of fused-ring (bicyclic) bond motifs is 1. The number of carbonyl (C=O) groups excluding carboxylic acids is 1. The highest BCUT2D eigenvalue weighted by Crippen LogP contribution is 2.32. The number of nitrogens with zero attached hydrogens (tertiary/aromatic N) is 4. The molecule has 32 heavy (non-hydrogen) atoms. The largest absolute Gasteiger partial charge is 0.280 e. The second-order valence-corrected chi connectivity index (χ2v) is 8.69. The summed E-state index contributed by atoms with van der Waals surface area (Å²) in [6.07, 6.45) is 8.52. The number of aromatic nitrogens is 2. The molecule has 4 aromatic rings. The average molecular weight is 463 g/mol. The number of anilines is 1. The lowest BCUT2D eigenvalue weighted by Gasteiger charge is -2.18. The van der Waals surface area contributed by atoms with Crippen molar-refractivity contribution in [2.45, 2.75) is 11.4 Å². The van der Waals surface area contributed by atoms with Crippen LogP contribution in [0.3, 0.4) is 0 Å². The van der Waals surface area contributed by atoms with Crippen molar-refractivity contribution in [2.24, 2.45) is 0 Å². The van der Waals surface area contributed by atoms with Crippen molar-refractivity contribution >= 4 is 56.1 Å². The van der Waals surface area contributed by atoms with Crippen LogP contribution in [-0.2, 0) is 11.3 Å². The summed E-state index contributed by atoms with van der Waals surface area (Å²) in [4.78, 5) is 35.1. The number of non-ortho nitro benzene ring substituents is 1. The van der Waals surface area contributed by atoms with Crippen LogP contribution in [0.1, 0.15) is 11.1 Å². The van der Waals surface area contributed by atoms with Crippen molar-refractivity contribution in [1.29, 1.82) is 0 Å². The Labute approximate surface area is 192 Å². The molecular weight excluding hydrogens is 444 g/mol. The predicted molar refractivity (Wildman–Crippen MR) is 129 cm³/mol. The first kappa shape index (κ1) is 21.7. The van der Waals surface area contributed by atoms with Gasteiger partial charge in [-0.15, -0.1) is 11.8 Å². The molecule has 0 N–H and O–H groups in total. The summed E-state index contributed by atoms with van der Waals surface area (Å²) in [5, 5.41) is 11.4. The van der Waals surface area contributed by atoms with Gasteiger partial charge in [0.15, 0.2) is 5.13 Å². The van der Waals surface area contributed by atoms with Gasteiger partial charge in [-0.3, -0.25) is 24.8 Å². The number of thioether (sulfide) groups is 1. The van der Waals surface area contributed by atoms with E-state index in [2.05, 4.69) is 16.0 Å². The van der Waals surface area contributed by atoms with Crippen LogP contribution in [0.5, 0.6) is 0 Å². The lowest BCUT2D eigenvalue weighted by atomic mass is 10.2. The molecule has 0 aliphatic heterocycles. The maximum absolute atomic E-state index is 13.2. The third-order valence-corrected chi connectivity index (χ3v) is 6.43. The van der Waals surface area contributed by atoms with Crippen LogP contribution in [0, 0.1) is 10.1 Å². The minimum absolute atomic E-state index is 0.00534. The highest BCUT2D eigenvalue weighted by Gasteiger charge is 2.19. The summed E-state index contributed by atoms with van der Waals surface area (Å²) in [7, 11) is 0. The fourth-order valence-corrected chi connectivity index (χ4v) is 4.54. The molecule has 0 aliphatic rings. The zero-order valence-electron chi connectivity index (χ0n) is 17.0. The number of hydrogen-bond acceptors (Lipinski definition) is 7. The number of carbonyl (C=O) groups is 1. The number of thiazole rings is 1. The van der Waals surface area contributed by atoms with Crippen LogP contribution < -0.4 is 4.90 Å². The third-order valence-electron chi connectivity index (χ3n) is 4.67. The summed E-state index contributed by atoms with van der Waals surface area (Å²) in [6.45, 7) is 0.326. The Morgan fingerprint density at radius 2 is 2.03 bits per heavy atom. The van der Waals surface area contributed by atoms with E-state index >= 15 is 0 Å². The topological polar surface area (TPSA) is 89.2 Å². The highest BCUT2D eigenvalue weighted by molar-refractivity contribution is 7.98. The second-order valence-electron chi connectivity index (χ2n) is 6.80. The molecule has 0 atom stereocenters. The fourth-order valence-electron chi connectivity index (χ4n) is 3.01. The smallest absolute Gasteiger partial charge is 0.269 e. The average Bonchev–Trinajstić information content (AvgIpc) is 3.24. The minimum Gasteiger partial charge on any atom is -0.280 e. The standard InChI is InChI=1S/C23H18N4O3S2/c1-31-19-9-10-20-21(13-19)32-23(25-20)26(15-17-3-2-12-24-14-17)22(28)11-6-16-4-7-18(8-5-16)27(29)30/h2-14H,15H2,1H3/b11-6-. The van der Waals surface area contributed by atoms with E-state index in [4.69, 9.17) is 0 Å². The van der Waals surface area contributed by atoms with Crippen molar-refractivity contribution in [3.8, 4) is 0 Å². The molecule has 0 spiro atoms. The van der Waals surface area contributed by atoms with Gasteiger partial charge in [-0.2, -0.15) is 0 Å². The number of benzene rings is 2. The second kappa shape index (κ2) is 9.71. The first-order valence-corrected chi connectivity index (χ1v) is 11.6. The van der Waals surface area contributed by atoms with Crippen LogP contribution in [0.4, 0.5) is 10.8 Å². The molecule has 0 aliphatic carbocycles. The summed E-state index contributed by atoms with van der Waals surface area (Å²) in [5.74, 6) is -0.239. The quantitative estimate of drug-likeness (QED) is 0.154. The Kier molecular flexibility index (Phi) is 6.58. The van der Waals surface area contributed by atoms with Gasteiger partial charge >= 0.3 is 0 Å². The van der Waals surface area contributed by atoms with Gasteiger partial charge in [0.1, 0.15) is 0 Å². The Hall–Kier alpha value is -3.56. The molecule has 0 radical (unpaired) electrons. The van der Waals surface area contributed by atoms with Crippen LogP contribution >= 0.6 is 23.1 Å². The van der Waals surface area contributed by atoms with E-state index in [0.29, 0.717) is 17.2 Å². The van der Waals surface area contributed by atoms with Gasteiger partial charge in [0.05, 0.1) is 21.7 Å². The van der Waals surface area contributed by atoms with Crippen molar-refractivity contribution in [2.75, 3.05) is 11.2 Å². The van der Waals surface area contributed by atoms with E-state index in [1.54, 1.807) is 47.3 Å². The number of amides is 1. The van der Waals surface area contributed by atoms with E-state index in [1.807, 2.05) is 30.5 Å². The molecule has 0 unspecified atom stereocenters. The fraction of sp³-hybridized carbons (Fsp3) is 0.0870. The zero-order valence-corrected chi connectivity index (χ0v) is 18.7. The molecule has 2 aromatic heterocycles. The maximum Gasteiger partial charge on any atom is 0.269 e. The van der Waals surface area contributed by atoms with Gasteiger partial charge in [-0.1, -0.05) is 17.4 Å². The van der Waals surface area contributed by atoms with E-state index in [-0.39, 0.29) is 11.6 Å². The third kappa shape index (κ3) is 5.01. The molecule has 0 fully saturated rings. The van der Waals surface area contributed by atoms with Crippen molar-refractivity contribution in [3.05, 3.63) is 94.3 Å². The van der Waals surface area contributed by atoms with Gasteiger partial charge in [-0.25, -0.2) is 4.98 Å². The molecule has 7 nitrogen and oxygen atoms in total. The van der Waals surface area contributed by atoms with Gasteiger partial charge in [0.2, 0.25) is 0 Å². The molecule has 0 saturated heterocycles. The number of hydrogen-bond donors (Lipinski definition) is 0. The summed E-state index contributed by atoms with van der Waals surface area (Å²) in [5.41, 5.74) is 2.42. The molecule has 1 amide bonds. The van der Waals surface area contributed by atoms with Crippen molar-refractivity contribution < 1.29 is 9.72 Å². The molecule has 2 aromatic carbocycles. The van der Waals surface area contributed by atoms with Gasteiger partial charge in [-0.05, 0) is 59.9 Å². The van der Waals surface area contributed by atoms with Gasteiger partial charge < -0.3 is 0 Å². The first-order valence-electron chi connectivity index (χ1n) is 9.61. The number of nitro benzene ring substituents is 1. The number of pyridine rings is 1. The van der Waals surface area contributed by atoms with E-state index in [1.165, 1.54) is 29.5 Å². The molecular formula is C23H18N4O3S2. The summed E-state index contributed by atoms with van der Waals surface area (Å²) in [6, 6.07) is 15.8. The Bertz CT molecular complexity index is 1290. The summed E-state index contributed by atoms with van der Waals surface area (Å²) >= 11 is 3.12. The zero-order chi connectivity index (χ0) is 22.5. The summed E-state index contributed by atoms with van der Waals surface area (Å²) < 4.78 is 1.01. The van der Waals surface area contributed by atoms with E-state index in [9.17, 15) is 14.9 Å². The molecule has 160 valence electrons. The van der Waals surface area contributed by atoms with Gasteiger partial charge in [0.25, 0.3) is 11.6 Å². The SMILES string of the molecule is CSc1ccc2nc(N(Cc3cccnc3)C(=O)/C=C\c3ccc([N+](=O)[O-])cc3)sc2c1. The number of rotatable bonds is 7. The molecule has 0 saturated carbocycles. The van der Waals surface area contributed by atoms with Crippen LogP contribution in [0.2, 0.25) is 0 Å². The monoisotopic (exact) mass is 462 g/mol. The van der Waals surface area contributed by atoms with Crippen LogP contribution in [-0.4, -0.2) is 27.1 Å². The molecule has 4 rings (SSSR count). The molecule has 2 heterocycles. The predicted octanol–water partition coefficient (Wildman–Crippen LogP) is 5.57. The molecule has 0 bridgehead atoms. The van der Waals surface area contributed by atoms with Crippen molar-refractivity contribution in [3.63, 3.8) is 0 Å². The van der Waals surface area contributed by atoms with E-state index in [0.717, 1.165) is 20.7 Å². The van der Waals surface area contributed by atoms with Crippen molar-refractivity contribution in [1.82, 2.24) is 9.97 Å². The van der Waals surface area contributed by atoms with Crippen LogP contribution in [0.25, 0.3) is 16.3 Å². The highest BCUT2D eigenvalue weighted by atomic mass is 32.2. The number of nitro groups is 1. The normalized spacial score (nSPS) is 11.2. The van der Waals surface area contributed by atoms with Crippen LogP contribution in [0.15, 0.2) is 78.0 Å². The van der Waals surface area contributed by atoms with E-state index < -0.39 is 4.92 Å². The Morgan fingerprint density at radius 3 is 2.72 bits per heavy atom.